The monoisotopic (exact) mass is 227 g/mol. The number of aliphatic hydroxyl groups excluding tert-OH is 1. The van der Waals surface area contributed by atoms with E-state index in [-0.39, 0.29) is 12.0 Å². The fourth-order valence-electron chi connectivity index (χ4n) is 1.31. The minimum Gasteiger partial charge on any atom is -0.496 e. The van der Waals surface area contributed by atoms with Crippen LogP contribution in [0.15, 0.2) is 17.0 Å². The van der Waals surface area contributed by atoms with Crippen molar-refractivity contribution in [2.75, 3.05) is 13.7 Å². The van der Waals surface area contributed by atoms with Crippen LogP contribution in [-0.4, -0.2) is 24.2 Å². The van der Waals surface area contributed by atoms with E-state index in [2.05, 4.69) is 0 Å². The van der Waals surface area contributed by atoms with Gasteiger partial charge in [-0.25, -0.2) is 0 Å². The van der Waals surface area contributed by atoms with Crippen LogP contribution in [0.1, 0.15) is 11.1 Å². The lowest BCUT2D eigenvalue weighted by molar-refractivity contribution is 0.296. The number of ether oxygens (including phenoxy) is 1. The summed E-state index contributed by atoms with van der Waals surface area (Å²) in [4.78, 5) is 1.09. The SMILES string of the molecule is COc1cc(C)c(SC(N)CO)cc1C. The number of hydrogen-bond acceptors (Lipinski definition) is 4. The average molecular weight is 227 g/mol. The van der Waals surface area contributed by atoms with E-state index in [1.54, 1.807) is 7.11 Å². The first kappa shape index (κ1) is 12.4. The van der Waals surface area contributed by atoms with E-state index < -0.39 is 0 Å². The Hall–Kier alpha value is -0.710. The van der Waals surface area contributed by atoms with Crippen LogP contribution in [0.3, 0.4) is 0 Å². The van der Waals surface area contributed by atoms with Gasteiger partial charge in [0.2, 0.25) is 0 Å². The molecular formula is C11H17NO2S. The highest BCUT2D eigenvalue weighted by atomic mass is 32.2. The van der Waals surface area contributed by atoms with Gasteiger partial charge in [-0.15, -0.1) is 11.8 Å². The number of nitrogens with two attached hydrogens (primary N) is 1. The van der Waals surface area contributed by atoms with E-state index in [0.717, 1.165) is 21.8 Å². The molecule has 0 heterocycles. The fraction of sp³-hybridized carbons (Fsp3) is 0.455. The minimum atomic E-state index is -0.267. The van der Waals surface area contributed by atoms with Gasteiger partial charge in [0.05, 0.1) is 19.1 Å². The predicted molar refractivity (Wildman–Crippen MR) is 63.4 cm³/mol. The first-order valence-corrected chi connectivity index (χ1v) is 5.64. The molecule has 0 spiro atoms. The van der Waals surface area contributed by atoms with Crippen molar-refractivity contribution in [1.82, 2.24) is 0 Å². The number of aliphatic hydroxyl groups is 1. The molecule has 0 amide bonds. The second-order valence-electron chi connectivity index (χ2n) is 3.43. The van der Waals surface area contributed by atoms with Gasteiger partial charge in [-0.05, 0) is 37.1 Å². The van der Waals surface area contributed by atoms with Crippen LogP contribution >= 0.6 is 11.8 Å². The van der Waals surface area contributed by atoms with E-state index in [0.29, 0.717) is 0 Å². The molecule has 0 bridgehead atoms. The number of hydrogen-bond donors (Lipinski definition) is 2. The molecule has 0 saturated heterocycles. The summed E-state index contributed by atoms with van der Waals surface area (Å²) in [6.45, 7) is 3.98. The number of thioether (sulfide) groups is 1. The molecule has 1 aromatic rings. The second kappa shape index (κ2) is 5.39. The van der Waals surface area contributed by atoms with Crippen LogP contribution in [0.5, 0.6) is 5.75 Å². The summed E-state index contributed by atoms with van der Waals surface area (Å²) in [5, 5.41) is 8.62. The molecule has 1 rings (SSSR count). The van der Waals surface area contributed by atoms with Crippen molar-refractivity contribution in [2.24, 2.45) is 5.73 Å². The standard InChI is InChI=1S/C11H17NO2S/c1-7-5-10(15-11(12)6-13)8(2)4-9(7)14-3/h4-5,11,13H,6,12H2,1-3H3. The molecule has 4 heteroatoms. The second-order valence-corrected chi connectivity index (χ2v) is 4.71. The van der Waals surface area contributed by atoms with Gasteiger partial charge in [-0.1, -0.05) is 0 Å². The summed E-state index contributed by atoms with van der Waals surface area (Å²) in [6, 6.07) is 4.02. The Morgan fingerprint density at radius 2 is 2.07 bits per heavy atom. The third-order valence-corrected chi connectivity index (χ3v) is 3.30. The van der Waals surface area contributed by atoms with Gasteiger partial charge in [0.1, 0.15) is 5.75 Å². The van der Waals surface area contributed by atoms with Crippen LogP contribution in [0.25, 0.3) is 0 Å². The first-order valence-electron chi connectivity index (χ1n) is 4.76. The molecule has 0 radical (unpaired) electrons. The molecule has 0 aliphatic rings. The third kappa shape index (κ3) is 3.12. The fourth-order valence-corrected chi connectivity index (χ4v) is 2.20. The maximum atomic E-state index is 8.89. The Bertz CT molecular complexity index is 342. The number of methoxy groups -OCH3 is 1. The molecule has 0 fully saturated rings. The van der Waals surface area contributed by atoms with Crippen LogP contribution in [0, 0.1) is 13.8 Å². The Morgan fingerprint density at radius 1 is 1.40 bits per heavy atom. The first-order chi connectivity index (χ1) is 7.08. The average Bonchev–Trinajstić information content (AvgIpc) is 2.22. The molecule has 1 aromatic carbocycles. The highest BCUT2D eigenvalue weighted by molar-refractivity contribution is 8.00. The molecule has 84 valence electrons. The van der Waals surface area contributed by atoms with Crippen LogP contribution in [0.2, 0.25) is 0 Å². The van der Waals surface area contributed by atoms with Gasteiger partial charge in [-0.3, -0.25) is 0 Å². The largest absolute Gasteiger partial charge is 0.496 e. The predicted octanol–water partition coefficient (Wildman–Crippen LogP) is 1.68. The Labute approximate surface area is 94.6 Å². The van der Waals surface area contributed by atoms with Crippen molar-refractivity contribution in [2.45, 2.75) is 24.1 Å². The molecule has 0 aliphatic heterocycles. The summed E-state index contributed by atoms with van der Waals surface area (Å²) < 4.78 is 5.22. The van der Waals surface area contributed by atoms with Gasteiger partial charge < -0.3 is 15.6 Å². The Morgan fingerprint density at radius 3 is 2.60 bits per heavy atom. The molecule has 0 aromatic heterocycles. The molecular weight excluding hydrogens is 210 g/mol. The number of benzene rings is 1. The van der Waals surface area contributed by atoms with E-state index in [4.69, 9.17) is 15.6 Å². The van der Waals surface area contributed by atoms with Crippen molar-refractivity contribution in [3.63, 3.8) is 0 Å². The molecule has 3 N–H and O–H groups in total. The Kier molecular flexibility index (Phi) is 4.45. The summed E-state index contributed by atoms with van der Waals surface area (Å²) in [7, 11) is 1.66. The molecule has 3 nitrogen and oxygen atoms in total. The van der Waals surface area contributed by atoms with Gasteiger partial charge in [-0.2, -0.15) is 0 Å². The van der Waals surface area contributed by atoms with Crippen LogP contribution < -0.4 is 10.5 Å². The van der Waals surface area contributed by atoms with E-state index in [1.165, 1.54) is 11.8 Å². The highest BCUT2D eigenvalue weighted by Gasteiger charge is 2.08. The molecule has 1 unspecified atom stereocenters. The van der Waals surface area contributed by atoms with Gasteiger partial charge in [0.15, 0.2) is 0 Å². The zero-order chi connectivity index (χ0) is 11.4. The summed E-state index contributed by atoms with van der Waals surface area (Å²) in [6.07, 6.45) is 0. The number of rotatable bonds is 4. The minimum absolute atomic E-state index is 0.0187. The summed E-state index contributed by atoms with van der Waals surface area (Å²) in [5.74, 6) is 0.884. The normalized spacial score (nSPS) is 12.6. The van der Waals surface area contributed by atoms with Gasteiger partial charge in [0, 0.05) is 4.90 Å². The molecule has 1 atom stereocenters. The van der Waals surface area contributed by atoms with Crippen molar-refractivity contribution in [1.29, 1.82) is 0 Å². The molecule has 0 aliphatic carbocycles. The van der Waals surface area contributed by atoms with E-state index >= 15 is 0 Å². The zero-order valence-corrected chi connectivity index (χ0v) is 10.1. The maximum Gasteiger partial charge on any atom is 0.122 e. The van der Waals surface area contributed by atoms with E-state index in [1.807, 2.05) is 26.0 Å². The zero-order valence-electron chi connectivity index (χ0n) is 9.28. The summed E-state index contributed by atoms with van der Waals surface area (Å²) in [5.41, 5.74) is 7.87. The van der Waals surface area contributed by atoms with Gasteiger partial charge in [0.25, 0.3) is 0 Å². The third-order valence-electron chi connectivity index (χ3n) is 2.15. The molecule has 0 saturated carbocycles. The van der Waals surface area contributed by atoms with Crippen LogP contribution in [-0.2, 0) is 0 Å². The lowest BCUT2D eigenvalue weighted by Gasteiger charge is -2.13. The van der Waals surface area contributed by atoms with Crippen molar-refractivity contribution in [3.05, 3.63) is 23.3 Å². The summed E-state index contributed by atoms with van der Waals surface area (Å²) >= 11 is 1.48. The van der Waals surface area contributed by atoms with Crippen molar-refractivity contribution < 1.29 is 9.84 Å². The molecule has 15 heavy (non-hydrogen) atoms. The van der Waals surface area contributed by atoms with Crippen molar-refractivity contribution >= 4 is 11.8 Å². The number of aryl methyl sites for hydroxylation is 2. The maximum absolute atomic E-state index is 8.89. The quantitative estimate of drug-likeness (QED) is 0.607. The highest BCUT2D eigenvalue weighted by Crippen LogP contribution is 2.30. The van der Waals surface area contributed by atoms with Gasteiger partial charge >= 0.3 is 0 Å². The van der Waals surface area contributed by atoms with E-state index in [9.17, 15) is 0 Å². The van der Waals surface area contributed by atoms with Crippen LogP contribution in [0.4, 0.5) is 0 Å². The lowest BCUT2D eigenvalue weighted by atomic mass is 10.1. The van der Waals surface area contributed by atoms with Crippen molar-refractivity contribution in [3.8, 4) is 5.75 Å². The topological polar surface area (TPSA) is 55.5 Å². The Balaban J connectivity index is 2.95. The lowest BCUT2D eigenvalue weighted by Crippen LogP contribution is -2.19. The smallest absolute Gasteiger partial charge is 0.122 e.